The van der Waals surface area contributed by atoms with Crippen LogP contribution in [0.3, 0.4) is 0 Å². The van der Waals surface area contributed by atoms with Gasteiger partial charge in [-0.15, -0.1) is 0 Å². The molecule has 0 heterocycles. The van der Waals surface area contributed by atoms with Crippen LogP contribution in [0.1, 0.15) is 76.3 Å². The molecule has 130 valence electrons. The fourth-order valence-corrected chi connectivity index (χ4v) is 4.14. The van der Waals surface area contributed by atoms with Crippen molar-refractivity contribution in [3.8, 4) is 0 Å². The molecule has 0 saturated heterocycles. The molecule has 2 nitrogen and oxygen atoms in total. The first-order chi connectivity index (χ1) is 11.5. The number of rotatable bonds is 10. The van der Waals surface area contributed by atoms with E-state index in [-0.39, 0.29) is 10.8 Å². The smallest absolute Gasteiger partial charge is 0.135 e. The van der Waals surface area contributed by atoms with Crippen LogP contribution in [-0.4, -0.2) is 11.6 Å². The number of carbonyl (C=O) groups excluding carboxylic acids is 2. The number of hydrogen-bond acceptors (Lipinski definition) is 2. The maximum absolute atomic E-state index is 11.7. The van der Waals surface area contributed by atoms with Gasteiger partial charge in [0.05, 0.1) is 0 Å². The highest BCUT2D eigenvalue weighted by Gasteiger charge is 2.46. The second-order valence-corrected chi connectivity index (χ2v) is 8.15. The van der Waals surface area contributed by atoms with E-state index in [0.29, 0.717) is 11.6 Å². The molecule has 24 heavy (non-hydrogen) atoms. The van der Waals surface area contributed by atoms with Gasteiger partial charge < -0.3 is 0 Å². The lowest BCUT2D eigenvalue weighted by atomic mass is 9.90. The fourth-order valence-electron chi connectivity index (χ4n) is 4.14. The SMILES string of the molecule is CC(=O)C1(CCCc2ccccc2CCCC2(C(C)=O)CC2)CC1. The van der Waals surface area contributed by atoms with Gasteiger partial charge >= 0.3 is 0 Å². The van der Waals surface area contributed by atoms with Gasteiger partial charge in [0, 0.05) is 10.8 Å². The number of hydrogen-bond donors (Lipinski definition) is 0. The van der Waals surface area contributed by atoms with E-state index in [1.807, 2.05) is 0 Å². The topological polar surface area (TPSA) is 34.1 Å². The Labute approximate surface area is 146 Å². The van der Waals surface area contributed by atoms with Gasteiger partial charge in [0.25, 0.3) is 0 Å². The lowest BCUT2D eigenvalue weighted by molar-refractivity contribution is -0.123. The van der Waals surface area contributed by atoms with Gasteiger partial charge in [-0.3, -0.25) is 9.59 Å². The van der Waals surface area contributed by atoms with Gasteiger partial charge in [-0.1, -0.05) is 24.3 Å². The van der Waals surface area contributed by atoms with E-state index in [2.05, 4.69) is 24.3 Å². The summed E-state index contributed by atoms with van der Waals surface area (Å²) in [6, 6.07) is 8.71. The van der Waals surface area contributed by atoms with Crippen LogP contribution >= 0.6 is 0 Å². The van der Waals surface area contributed by atoms with Crippen LogP contribution in [0, 0.1) is 10.8 Å². The first-order valence-electron chi connectivity index (χ1n) is 9.56. The number of carbonyl (C=O) groups is 2. The van der Waals surface area contributed by atoms with Crippen molar-refractivity contribution < 1.29 is 9.59 Å². The standard InChI is InChI=1S/C22H30O2/c1-17(23)21(13-14-21)11-5-9-19-7-3-4-8-20(19)10-6-12-22(15-16-22)18(2)24/h3-4,7-8H,5-6,9-16H2,1-2H3. The molecule has 2 heteroatoms. The molecule has 0 aliphatic heterocycles. The predicted octanol–water partition coefficient (Wildman–Crippen LogP) is 5.07. The summed E-state index contributed by atoms with van der Waals surface area (Å²) in [6.07, 6.45) is 10.8. The van der Waals surface area contributed by atoms with Crippen molar-refractivity contribution in [3.05, 3.63) is 35.4 Å². The first kappa shape index (κ1) is 17.4. The van der Waals surface area contributed by atoms with E-state index in [1.54, 1.807) is 13.8 Å². The second kappa shape index (κ2) is 6.82. The molecular formula is C22H30O2. The molecule has 2 aliphatic rings. The van der Waals surface area contributed by atoms with Crippen LogP contribution in [0.25, 0.3) is 0 Å². The van der Waals surface area contributed by atoms with Crippen LogP contribution < -0.4 is 0 Å². The van der Waals surface area contributed by atoms with Crippen molar-refractivity contribution >= 4 is 11.6 Å². The Morgan fingerprint density at radius 1 is 0.792 bits per heavy atom. The van der Waals surface area contributed by atoms with Crippen LogP contribution in [0.2, 0.25) is 0 Å². The van der Waals surface area contributed by atoms with Gasteiger partial charge in [-0.25, -0.2) is 0 Å². The van der Waals surface area contributed by atoms with E-state index in [0.717, 1.165) is 64.2 Å². The average molecular weight is 326 g/mol. The molecular weight excluding hydrogens is 296 g/mol. The highest BCUT2D eigenvalue weighted by atomic mass is 16.1. The Kier molecular flexibility index (Phi) is 4.94. The first-order valence-corrected chi connectivity index (χ1v) is 9.56. The van der Waals surface area contributed by atoms with E-state index >= 15 is 0 Å². The molecule has 1 aromatic carbocycles. The molecule has 2 fully saturated rings. The number of Topliss-reactive ketones (excluding diaryl/α,β-unsaturated/α-hetero) is 2. The minimum absolute atomic E-state index is 0.0365. The molecule has 0 unspecified atom stereocenters. The second-order valence-electron chi connectivity index (χ2n) is 8.15. The Hall–Kier alpha value is -1.44. The van der Waals surface area contributed by atoms with Crippen molar-refractivity contribution in [1.82, 2.24) is 0 Å². The summed E-state index contributed by atoms with van der Waals surface area (Å²) >= 11 is 0. The van der Waals surface area contributed by atoms with Gasteiger partial charge in [-0.05, 0) is 89.2 Å². The van der Waals surface area contributed by atoms with Crippen molar-refractivity contribution in [2.45, 2.75) is 78.1 Å². The van der Waals surface area contributed by atoms with Crippen molar-refractivity contribution in [2.75, 3.05) is 0 Å². The molecule has 0 amide bonds. The van der Waals surface area contributed by atoms with Gasteiger partial charge in [0.1, 0.15) is 11.6 Å². The largest absolute Gasteiger partial charge is 0.299 e. The zero-order valence-electron chi connectivity index (χ0n) is 15.2. The lowest BCUT2D eigenvalue weighted by Gasteiger charge is -2.14. The van der Waals surface area contributed by atoms with Crippen molar-refractivity contribution in [2.24, 2.45) is 10.8 Å². The summed E-state index contributed by atoms with van der Waals surface area (Å²) in [7, 11) is 0. The Balaban J connectivity index is 1.50. The van der Waals surface area contributed by atoms with Crippen molar-refractivity contribution in [1.29, 1.82) is 0 Å². The third-order valence-electron chi connectivity index (χ3n) is 6.52. The minimum Gasteiger partial charge on any atom is -0.299 e. The quantitative estimate of drug-likeness (QED) is 0.601. The third kappa shape index (κ3) is 3.79. The zero-order chi connectivity index (χ0) is 17.2. The molecule has 0 atom stereocenters. The monoisotopic (exact) mass is 326 g/mol. The predicted molar refractivity (Wildman–Crippen MR) is 97.0 cm³/mol. The van der Waals surface area contributed by atoms with Crippen LogP contribution in [0.4, 0.5) is 0 Å². The van der Waals surface area contributed by atoms with Gasteiger partial charge in [-0.2, -0.15) is 0 Å². The number of ketones is 2. The summed E-state index contributed by atoms with van der Waals surface area (Å²) in [5.41, 5.74) is 2.94. The molecule has 3 rings (SSSR count). The molecule has 0 aromatic heterocycles. The average Bonchev–Trinajstić information content (AvgIpc) is 3.43. The van der Waals surface area contributed by atoms with E-state index in [4.69, 9.17) is 0 Å². The Morgan fingerprint density at radius 3 is 1.46 bits per heavy atom. The van der Waals surface area contributed by atoms with Gasteiger partial charge in [0.2, 0.25) is 0 Å². The van der Waals surface area contributed by atoms with Crippen LogP contribution in [0.5, 0.6) is 0 Å². The van der Waals surface area contributed by atoms with E-state index in [9.17, 15) is 9.59 Å². The molecule has 1 aromatic rings. The maximum atomic E-state index is 11.7. The molecule has 0 bridgehead atoms. The Bertz CT molecular complexity index is 566. The van der Waals surface area contributed by atoms with Crippen LogP contribution in [-0.2, 0) is 22.4 Å². The fraction of sp³-hybridized carbons (Fsp3) is 0.636. The molecule has 0 radical (unpaired) electrons. The maximum Gasteiger partial charge on any atom is 0.135 e. The lowest BCUT2D eigenvalue weighted by Crippen LogP contribution is -2.12. The third-order valence-corrected chi connectivity index (χ3v) is 6.52. The molecule has 0 N–H and O–H groups in total. The highest BCUT2D eigenvalue weighted by Crippen LogP contribution is 2.51. The Morgan fingerprint density at radius 2 is 1.17 bits per heavy atom. The summed E-state index contributed by atoms with van der Waals surface area (Å²) < 4.78 is 0. The summed E-state index contributed by atoms with van der Waals surface area (Å²) in [5, 5.41) is 0. The molecule has 2 saturated carbocycles. The molecule has 0 spiro atoms. The van der Waals surface area contributed by atoms with E-state index in [1.165, 1.54) is 11.1 Å². The van der Waals surface area contributed by atoms with Crippen molar-refractivity contribution in [3.63, 3.8) is 0 Å². The van der Waals surface area contributed by atoms with Gasteiger partial charge in [0.15, 0.2) is 0 Å². The van der Waals surface area contributed by atoms with Crippen LogP contribution in [0.15, 0.2) is 24.3 Å². The summed E-state index contributed by atoms with van der Waals surface area (Å²) in [5.74, 6) is 0.768. The molecule has 2 aliphatic carbocycles. The summed E-state index contributed by atoms with van der Waals surface area (Å²) in [6.45, 7) is 3.51. The zero-order valence-corrected chi connectivity index (χ0v) is 15.2. The minimum atomic E-state index is 0.0365. The summed E-state index contributed by atoms with van der Waals surface area (Å²) in [4.78, 5) is 23.4. The normalized spacial score (nSPS) is 19.8. The highest BCUT2D eigenvalue weighted by molar-refractivity contribution is 5.85. The van der Waals surface area contributed by atoms with E-state index < -0.39 is 0 Å². The number of aryl methyl sites for hydroxylation is 2. The number of benzene rings is 1.